The van der Waals surface area contributed by atoms with E-state index < -0.39 is 10.0 Å². The molecule has 1 aliphatic carbocycles. The lowest BCUT2D eigenvalue weighted by atomic mass is 9.97. The summed E-state index contributed by atoms with van der Waals surface area (Å²) in [5.74, 6) is 1.02. The van der Waals surface area contributed by atoms with Crippen LogP contribution in [0.25, 0.3) is 10.2 Å². The van der Waals surface area contributed by atoms with Crippen LogP contribution in [-0.4, -0.2) is 44.6 Å². The van der Waals surface area contributed by atoms with Crippen LogP contribution in [-0.2, 0) is 22.9 Å². The summed E-state index contributed by atoms with van der Waals surface area (Å²) in [6.45, 7) is 2.97. The number of nitrogens with two attached hydrogens (primary N) is 1. The summed E-state index contributed by atoms with van der Waals surface area (Å²) in [4.78, 5) is 16.3. The van der Waals surface area contributed by atoms with E-state index in [1.807, 2.05) is 23.5 Å². The number of fused-ring (bicyclic) bond motifs is 3. The maximum Gasteiger partial charge on any atom is 0.240 e. The minimum absolute atomic E-state index is 0.185. The van der Waals surface area contributed by atoms with Gasteiger partial charge in [0.2, 0.25) is 10.0 Å². The van der Waals surface area contributed by atoms with E-state index in [-0.39, 0.29) is 4.90 Å². The fourth-order valence-electron chi connectivity index (χ4n) is 4.43. The Morgan fingerprint density at radius 1 is 0.966 bits per heavy atom. The molecule has 2 N–H and O–H groups in total. The van der Waals surface area contributed by atoms with Gasteiger partial charge in [0.1, 0.15) is 21.9 Å². The van der Waals surface area contributed by atoms with Crippen molar-refractivity contribution in [1.82, 2.24) is 9.97 Å². The van der Waals surface area contributed by atoms with Gasteiger partial charge in [-0.3, -0.25) is 0 Å². The number of thiophene rings is 1. The molecule has 7 nitrogen and oxygen atoms in total. The summed E-state index contributed by atoms with van der Waals surface area (Å²) in [7, 11) is -3.75. The zero-order valence-corrected chi connectivity index (χ0v) is 17.7. The minimum Gasteiger partial charge on any atom is -0.367 e. The summed E-state index contributed by atoms with van der Waals surface area (Å²) in [5, 5.41) is 6.64. The second-order valence-corrected chi connectivity index (χ2v) is 10.2. The van der Waals surface area contributed by atoms with Gasteiger partial charge in [-0.2, -0.15) is 0 Å². The van der Waals surface area contributed by atoms with Gasteiger partial charge in [0, 0.05) is 31.1 Å². The number of rotatable bonds is 3. The zero-order chi connectivity index (χ0) is 20.0. The van der Waals surface area contributed by atoms with Crippen LogP contribution < -0.4 is 14.9 Å². The second kappa shape index (κ2) is 7.23. The molecule has 3 aromatic rings. The topological polar surface area (TPSA) is 92.4 Å². The number of hydrogen-bond acceptors (Lipinski definition) is 7. The molecule has 0 bridgehead atoms. The van der Waals surface area contributed by atoms with Crippen molar-refractivity contribution in [1.29, 1.82) is 0 Å². The van der Waals surface area contributed by atoms with Crippen LogP contribution in [0.3, 0.4) is 0 Å². The van der Waals surface area contributed by atoms with Gasteiger partial charge in [-0.1, -0.05) is 12.1 Å². The minimum atomic E-state index is -3.75. The van der Waals surface area contributed by atoms with Gasteiger partial charge in [-0.15, -0.1) is 11.3 Å². The molecule has 0 radical (unpaired) electrons. The summed E-state index contributed by atoms with van der Waals surface area (Å²) in [5.41, 5.74) is 2.12. The van der Waals surface area contributed by atoms with Crippen LogP contribution in [0, 0.1) is 0 Å². The zero-order valence-electron chi connectivity index (χ0n) is 16.0. The van der Waals surface area contributed by atoms with Crippen LogP contribution >= 0.6 is 11.3 Å². The third-order valence-corrected chi connectivity index (χ3v) is 7.98. The van der Waals surface area contributed by atoms with Gasteiger partial charge in [-0.25, -0.2) is 23.5 Å². The number of benzene rings is 1. The predicted molar refractivity (Wildman–Crippen MR) is 116 cm³/mol. The van der Waals surface area contributed by atoms with Crippen LogP contribution in [0.5, 0.6) is 0 Å². The van der Waals surface area contributed by atoms with E-state index in [2.05, 4.69) is 19.8 Å². The van der Waals surface area contributed by atoms with E-state index in [1.54, 1.807) is 18.5 Å². The fraction of sp³-hybridized carbons (Fsp3) is 0.400. The standard InChI is InChI=1S/C20H23N5O2S2/c21-29(26,27)17-8-4-2-6-15(17)24-9-11-25(12-10-24)19-18-14-5-1-3-7-16(14)28-20(18)23-13-22-19/h2,4,6,8,13H,1,3,5,7,9-12H2,(H2,21,26,27). The average Bonchev–Trinajstić information content (AvgIpc) is 3.12. The van der Waals surface area contributed by atoms with Crippen LogP contribution in [0.2, 0.25) is 0 Å². The van der Waals surface area contributed by atoms with Crippen LogP contribution in [0.1, 0.15) is 23.3 Å². The van der Waals surface area contributed by atoms with E-state index in [1.165, 1.54) is 28.7 Å². The smallest absolute Gasteiger partial charge is 0.240 e. The van der Waals surface area contributed by atoms with Crippen LogP contribution in [0.15, 0.2) is 35.5 Å². The summed E-state index contributed by atoms with van der Waals surface area (Å²) in [6.07, 6.45) is 6.41. The van der Waals surface area contributed by atoms with Crippen molar-refractivity contribution in [3.05, 3.63) is 41.0 Å². The van der Waals surface area contributed by atoms with E-state index in [9.17, 15) is 8.42 Å². The fourth-order valence-corrected chi connectivity index (χ4v) is 6.41. The Kier molecular flexibility index (Phi) is 4.68. The third-order valence-electron chi connectivity index (χ3n) is 5.82. The van der Waals surface area contributed by atoms with E-state index in [4.69, 9.17) is 5.14 Å². The average molecular weight is 430 g/mol. The predicted octanol–water partition coefficient (Wildman–Crippen LogP) is 2.54. The molecule has 0 unspecified atom stereocenters. The SMILES string of the molecule is NS(=O)(=O)c1ccccc1N1CCN(c2ncnc3sc4c(c23)CCCC4)CC1. The molecule has 152 valence electrons. The Bertz CT molecular complexity index is 1170. The summed E-state index contributed by atoms with van der Waals surface area (Å²) < 4.78 is 23.9. The quantitative estimate of drug-likeness (QED) is 0.688. The first-order valence-corrected chi connectivity index (χ1v) is 12.3. The Morgan fingerprint density at radius 2 is 1.69 bits per heavy atom. The molecule has 1 fully saturated rings. The Labute approximate surface area is 174 Å². The first kappa shape index (κ1) is 18.8. The Morgan fingerprint density at radius 3 is 2.48 bits per heavy atom. The van der Waals surface area contributed by atoms with Crippen molar-refractivity contribution >= 4 is 43.1 Å². The van der Waals surface area contributed by atoms with Gasteiger partial charge < -0.3 is 9.80 Å². The van der Waals surface area contributed by atoms with Crippen molar-refractivity contribution in [3.8, 4) is 0 Å². The number of anilines is 2. The number of primary sulfonamides is 1. The Hall–Kier alpha value is -2.23. The molecule has 0 atom stereocenters. The molecular weight excluding hydrogens is 406 g/mol. The number of para-hydroxylation sites is 1. The van der Waals surface area contributed by atoms with Gasteiger partial charge in [0.05, 0.1) is 11.1 Å². The lowest BCUT2D eigenvalue weighted by Crippen LogP contribution is -2.47. The van der Waals surface area contributed by atoms with E-state index in [0.717, 1.165) is 36.6 Å². The molecule has 0 amide bonds. The molecule has 2 aromatic heterocycles. The normalized spacial score (nSPS) is 17.6. The third kappa shape index (κ3) is 3.37. The number of aromatic nitrogens is 2. The van der Waals surface area contributed by atoms with Gasteiger partial charge >= 0.3 is 0 Å². The van der Waals surface area contributed by atoms with Crippen molar-refractivity contribution in [2.45, 2.75) is 30.6 Å². The first-order chi connectivity index (χ1) is 14.0. The molecular formula is C20H23N5O2S2. The van der Waals surface area contributed by atoms with Crippen molar-refractivity contribution in [2.75, 3.05) is 36.0 Å². The number of hydrogen-bond donors (Lipinski definition) is 1. The maximum atomic E-state index is 12.0. The molecule has 9 heteroatoms. The highest BCUT2D eigenvalue weighted by atomic mass is 32.2. The number of nitrogens with zero attached hydrogens (tertiary/aromatic N) is 4. The highest BCUT2D eigenvalue weighted by Crippen LogP contribution is 2.39. The van der Waals surface area contributed by atoms with E-state index >= 15 is 0 Å². The van der Waals surface area contributed by atoms with Crippen molar-refractivity contribution in [3.63, 3.8) is 0 Å². The van der Waals surface area contributed by atoms with Crippen molar-refractivity contribution < 1.29 is 8.42 Å². The molecule has 1 saturated heterocycles. The monoisotopic (exact) mass is 429 g/mol. The molecule has 1 aliphatic heterocycles. The Balaban J connectivity index is 1.43. The molecule has 5 rings (SSSR count). The van der Waals surface area contributed by atoms with Gasteiger partial charge in [0.25, 0.3) is 0 Å². The second-order valence-electron chi connectivity index (χ2n) is 7.58. The molecule has 0 saturated carbocycles. The van der Waals surface area contributed by atoms with Gasteiger partial charge in [0.15, 0.2) is 0 Å². The molecule has 0 spiro atoms. The maximum absolute atomic E-state index is 12.0. The van der Waals surface area contributed by atoms with Crippen LogP contribution in [0.4, 0.5) is 11.5 Å². The summed E-state index contributed by atoms with van der Waals surface area (Å²) >= 11 is 1.81. The first-order valence-electron chi connectivity index (χ1n) is 9.89. The largest absolute Gasteiger partial charge is 0.367 e. The molecule has 3 heterocycles. The van der Waals surface area contributed by atoms with E-state index in [0.29, 0.717) is 18.8 Å². The molecule has 2 aliphatic rings. The lowest BCUT2D eigenvalue weighted by molar-refractivity contribution is 0.595. The lowest BCUT2D eigenvalue weighted by Gasteiger charge is -2.37. The summed E-state index contributed by atoms with van der Waals surface area (Å²) in [6, 6.07) is 6.95. The highest BCUT2D eigenvalue weighted by Gasteiger charge is 2.26. The van der Waals surface area contributed by atoms with Crippen molar-refractivity contribution in [2.24, 2.45) is 5.14 Å². The highest BCUT2D eigenvalue weighted by molar-refractivity contribution is 7.89. The molecule has 1 aromatic carbocycles. The number of piperazine rings is 1. The van der Waals surface area contributed by atoms with Gasteiger partial charge in [-0.05, 0) is 43.4 Å². The number of sulfonamides is 1. The number of aryl methyl sites for hydroxylation is 2. The molecule has 29 heavy (non-hydrogen) atoms.